The molecule has 4 heterocycles. The van der Waals surface area contributed by atoms with Gasteiger partial charge in [0.05, 0.1) is 0 Å². The number of allylic oxidation sites excluding steroid dienone is 8. The molecule has 2 unspecified atom stereocenters. The van der Waals surface area contributed by atoms with E-state index in [1.807, 2.05) is 30.0 Å². The average molecular weight is 533 g/mol. The molecule has 0 radical (unpaired) electrons. The van der Waals surface area contributed by atoms with Crippen molar-refractivity contribution in [1.82, 2.24) is 0 Å². The summed E-state index contributed by atoms with van der Waals surface area (Å²) < 4.78 is 6.10. The highest BCUT2D eigenvalue weighted by molar-refractivity contribution is 8.05. The topological polar surface area (TPSA) is 13.1 Å². The van der Waals surface area contributed by atoms with Gasteiger partial charge in [-0.15, -0.1) is 34.9 Å². The molecule has 5 heteroatoms. The Hall–Kier alpha value is -1.66. The number of hydrogen-bond acceptors (Lipinski definition) is 4. The summed E-state index contributed by atoms with van der Waals surface area (Å²) in [5, 5.41) is 4.20. The Morgan fingerprint density at radius 2 is 1.31 bits per heavy atom. The molecule has 0 saturated carbocycles. The van der Waals surface area contributed by atoms with E-state index in [1.165, 1.54) is 42.5 Å². The van der Waals surface area contributed by atoms with E-state index in [0.29, 0.717) is 10.5 Å². The van der Waals surface area contributed by atoms with Crippen molar-refractivity contribution in [2.24, 2.45) is 0 Å². The first-order chi connectivity index (χ1) is 16.6. The fourth-order valence-electron chi connectivity index (χ4n) is 6.39. The number of thiophene rings is 1. The standard InChI is InChI=1S/C30H32OS3Si/c1-15-13-21-25(23-11-9-17(3)31-23)19(5)33-27(21)29(15)35(7,8)30-16(2)14-22-26(20(6)34-28(22)30)24-12-10-18(4)32-24/h9-14,19-20H,1-8H3. The fourth-order valence-corrected chi connectivity index (χ4v) is 15.7. The van der Waals surface area contributed by atoms with E-state index in [9.17, 15) is 0 Å². The average Bonchev–Trinajstić information content (AvgIpc) is 3.57. The molecular weight excluding hydrogens is 501 g/mol. The van der Waals surface area contributed by atoms with E-state index < -0.39 is 8.07 Å². The molecule has 2 aromatic heterocycles. The molecule has 0 aromatic carbocycles. The summed E-state index contributed by atoms with van der Waals surface area (Å²) in [6.45, 7) is 18.8. The van der Waals surface area contributed by atoms with Gasteiger partial charge in [-0.2, -0.15) is 0 Å². The van der Waals surface area contributed by atoms with Crippen molar-refractivity contribution in [2.75, 3.05) is 0 Å². The smallest absolute Gasteiger partial charge is 0.131 e. The molecule has 1 nitrogen and oxygen atoms in total. The second-order valence-corrected chi connectivity index (χ2v) is 18.9. The maximum Gasteiger partial charge on any atom is 0.131 e. The van der Waals surface area contributed by atoms with Crippen LogP contribution in [0.4, 0.5) is 0 Å². The van der Waals surface area contributed by atoms with Gasteiger partial charge in [-0.1, -0.05) is 25.2 Å². The zero-order chi connectivity index (χ0) is 24.8. The van der Waals surface area contributed by atoms with Gasteiger partial charge >= 0.3 is 0 Å². The number of fused-ring (bicyclic) bond motifs is 2. The van der Waals surface area contributed by atoms with E-state index in [-0.39, 0.29) is 0 Å². The van der Waals surface area contributed by atoms with E-state index in [1.54, 1.807) is 20.9 Å². The summed E-state index contributed by atoms with van der Waals surface area (Å²) in [5.41, 5.74) is 8.75. The predicted octanol–water partition coefficient (Wildman–Crippen LogP) is 9.65. The molecule has 0 fully saturated rings. The lowest BCUT2D eigenvalue weighted by Gasteiger charge is -2.30. The first-order valence-electron chi connectivity index (χ1n) is 12.4. The van der Waals surface area contributed by atoms with Crippen LogP contribution in [-0.4, -0.2) is 18.6 Å². The Morgan fingerprint density at radius 3 is 1.83 bits per heavy atom. The molecule has 35 heavy (non-hydrogen) atoms. The highest BCUT2D eigenvalue weighted by Crippen LogP contribution is 2.59. The summed E-state index contributed by atoms with van der Waals surface area (Å²) >= 11 is 6.07. The molecule has 2 atom stereocenters. The Labute approximate surface area is 222 Å². The van der Waals surface area contributed by atoms with Crippen molar-refractivity contribution in [3.8, 4) is 0 Å². The van der Waals surface area contributed by atoms with Gasteiger partial charge < -0.3 is 4.42 Å². The second-order valence-electron chi connectivity index (χ2n) is 10.7. The predicted molar refractivity (Wildman–Crippen MR) is 159 cm³/mol. The summed E-state index contributed by atoms with van der Waals surface area (Å²) in [5.74, 6) is 2.02. The summed E-state index contributed by atoms with van der Waals surface area (Å²) in [6, 6.07) is 8.83. The van der Waals surface area contributed by atoms with Gasteiger partial charge in [0.25, 0.3) is 0 Å². The molecule has 0 spiro atoms. The van der Waals surface area contributed by atoms with Gasteiger partial charge in [-0.3, -0.25) is 0 Å². The molecule has 2 aromatic rings. The normalized spacial score (nSPS) is 24.2. The molecule has 6 rings (SSSR count). The van der Waals surface area contributed by atoms with Gasteiger partial charge in [0.1, 0.15) is 19.6 Å². The van der Waals surface area contributed by atoms with Gasteiger partial charge in [0.2, 0.25) is 0 Å². The molecule has 0 bridgehead atoms. The first-order valence-corrected chi connectivity index (χ1v) is 18.0. The molecule has 0 saturated heterocycles. The van der Waals surface area contributed by atoms with Crippen LogP contribution in [0, 0.1) is 13.8 Å². The molecule has 0 amide bonds. The van der Waals surface area contributed by atoms with Gasteiger partial charge in [-0.25, -0.2) is 0 Å². The zero-order valence-electron chi connectivity index (χ0n) is 21.8. The number of aryl methyl sites for hydroxylation is 2. The Balaban J connectivity index is 1.51. The van der Waals surface area contributed by atoms with Crippen molar-refractivity contribution in [2.45, 2.75) is 65.1 Å². The van der Waals surface area contributed by atoms with Crippen LogP contribution in [0.15, 0.2) is 83.3 Å². The van der Waals surface area contributed by atoms with Crippen molar-refractivity contribution < 1.29 is 4.42 Å². The Morgan fingerprint density at radius 1 is 0.743 bits per heavy atom. The fraction of sp³-hybridized carbons (Fsp3) is 0.333. The Kier molecular flexibility index (Phi) is 5.54. The lowest BCUT2D eigenvalue weighted by molar-refractivity contribution is 0.520. The molecule has 2 aliphatic carbocycles. The van der Waals surface area contributed by atoms with Crippen LogP contribution in [-0.2, 0) is 0 Å². The monoisotopic (exact) mass is 532 g/mol. The maximum atomic E-state index is 6.10. The van der Waals surface area contributed by atoms with Crippen molar-refractivity contribution in [3.63, 3.8) is 0 Å². The van der Waals surface area contributed by atoms with E-state index in [4.69, 9.17) is 4.42 Å². The minimum Gasteiger partial charge on any atom is -0.462 e. The van der Waals surface area contributed by atoms with Gasteiger partial charge in [0.15, 0.2) is 0 Å². The molecule has 2 aliphatic heterocycles. The molecule has 180 valence electrons. The SMILES string of the molecule is CC1=CC2=C(c3ccc(C)o3)C(C)SC2=C1[Si](C)(C)C1=C2SC(C)C(c3ccc(C)s3)=C2C=C1C. The third-order valence-corrected chi connectivity index (χ3v) is 15.4. The quantitative estimate of drug-likeness (QED) is 0.364. The van der Waals surface area contributed by atoms with Crippen molar-refractivity contribution >= 4 is 54.1 Å². The van der Waals surface area contributed by atoms with Crippen LogP contribution in [0.25, 0.3) is 11.1 Å². The highest BCUT2D eigenvalue weighted by atomic mass is 32.2. The van der Waals surface area contributed by atoms with E-state index in [0.717, 1.165) is 11.5 Å². The van der Waals surface area contributed by atoms with Crippen LogP contribution in [0.5, 0.6) is 0 Å². The largest absolute Gasteiger partial charge is 0.462 e. The first kappa shape index (κ1) is 23.7. The molecule has 4 aliphatic rings. The van der Waals surface area contributed by atoms with Crippen LogP contribution in [0.2, 0.25) is 13.1 Å². The van der Waals surface area contributed by atoms with Crippen LogP contribution >= 0.6 is 34.9 Å². The number of rotatable bonds is 4. The summed E-state index contributed by atoms with van der Waals surface area (Å²) in [7, 11) is -1.96. The highest BCUT2D eigenvalue weighted by Gasteiger charge is 2.46. The minimum absolute atomic E-state index is 0.414. The third-order valence-electron chi connectivity index (χ3n) is 7.70. The zero-order valence-corrected chi connectivity index (χ0v) is 25.2. The minimum atomic E-state index is -1.96. The van der Waals surface area contributed by atoms with Crippen LogP contribution in [0.1, 0.15) is 49.0 Å². The van der Waals surface area contributed by atoms with Crippen LogP contribution in [0.3, 0.4) is 0 Å². The molecule has 0 N–H and O–H groups in total. The lowest BCUT2D eigenvalue weighted by Crippen LogP contribution is -2.34. The second kappa shape index (κ2) is 8.17. The van der Waals surface area contributed by atoms with Crippen molar-refractivity contribution in [1.29, 1.82) is 0 Å². The number of thioether (sulfide) groups is 2. The van der Waals surface area contributed by atoms with E-state index in [2.05, 4.69) is 95.9 Å². The van der Waals surface area contributed by atoms with Crippen LogP contribution < -0.4 is 0 Å². The molecular formula is C30H32OS3Si. The summed E-state index contributed by atoms with van der Waals surface area (Å²) in [6.07, 6.45) is 4.95. The van der Waals surface area contributed by atoms with Gasteiger partial charge in [0, 0.05) is 35.6 Å². The lowest BCUT2D eigenvalue weighted by atomic mass is 10.0. The number of furan rings is 1. The third kappa shape index (κ3) is 3.49. The number of hydrogen-bond donors (Lipinski definition) is 0. The van der Waals surface area contributed by atoms with E-state index >= 15 is 0 Å². The van der Waals surface area contributed by atoms with Crippen molar-refractivity contribution in [3.05, 3.63) is 100 Å². The summed E-state index contributed by atoms with van der Waals surface area (Å²) in [4.78, 5) is 5.91. The van der Waals surface area contributed by atoms with Gasteiger partial charge in [-0.05, 0) is 104 Å². The Bertz CT molecular complexity index is 1370. The maximum absolute atomic E-state index is 6.10.